The van der Waals surface area contributed by atoms with Gasteiger partial charge in [-0.3, -0.25) is 9.69 Å². The predicted molar refractivity (Wildman–Crippen MR) is 121 cm³/mol. The molecule has 0 unspecified atom stereocenters. The van der Waals surface area contributed by atoms with Crippen molar-refractivity contribution in [2.45, 2.75) is 57.2 Å². The van der Waals surface area contributed by atoms with Gasteiger partial charge >= 0.3 is 5.97 Å². The molecule has 1 aromatic rings. The number of benzene rings is 1. The minimum absolute atomic E-state index is 0.0118. The molecule has 2 saturated carbocycles. The molecule has 0 N–H and O–H groups in total. The second-order valence-corrected chi connectivity index (χ2v) is 11.3. The van der Waals surface area contributed by atoms with E-state index in [1.807, 2.05) is 12.1 Å². The summed E-state index contributed by atoms with van der Waals surface area (Å²) in [5.74, 6) is 0.990. The Morgan fingerprint density at radius 3 is 2.74 bits per heavy atom. The van der Waals surface area contributed by atoms with Crippen molar-refractivity contribution in [3.05, 3.63) is 40.9 Å². The van der Waals surface area contributed by atoms with Gasteiger partial charge in [0.1, 0.15) is 6.10 Å². The predicted octanol–water partition coefficient (Wildman–Crippen LogP) is 4.96. The Morgan fingerprint density at radius 2 is 2.03 bits per heavy atom. The topological polar surface area (TPSA) is 42.1 Å². The molecule has 4 fully saturated rings. The van der Waals surface area contributed by atoms with Crippen LogP contribution in [0.3, 0.4) is 0 Å². The Bertz CT molecular complexity index is 908. The van der Waals surface area contributed by atoms with Crippen LogP contribution in [0.1, 0.15) is 51.0 Å². The maximum absolute atomic E-state index is 12.9. The van der Waals surface area contributed by atoms with Crippen molar-refractivity contribution in [3.8, 4) is 0 Å². The molecule has 6 atom stereocenters. The molecule has 0 amide bonds. The fraction of sp³-hybridized carbons (Fsp3) is 0.654. The zero-order chi connectivity index (χ0) is 21.2. The van der Waals surface area contributed by atoms with Gasteiger partial charge in [-0.05, 0) is 73.1 Å². The fourth-order valence-corrected chi connectivity index (χ4v) is 7.37. The number of esters is 1. The van der Waals surface area contributed by atoms with Gasteiger partial charge in [0.05, 0.1) is 18.1 Å². The van der Waals surface area contributed by atoms with Crippen LogP contribution in [0.5, 0.6) is 0 Å². The minimum atomic E-state index is 0.0118. The Balaban J connectivity index is 1.15. The van der Waals surface area contributed by atoms with Crippen molar-refractivity contribution < 1.29 is 14.3 Å². The number of hydrogen-bond acceptors (Lipinski definition) is 4. The molecule has 4 nitrogen and oxygen atoms in total. The number of carbonyl (C=O) groups is 1. The molecule has 2 aliphatic carbocycles. The number of ether oxygens (including phenoxy) is 2. The monoisotopic (exact) mass is 441 g/mol. The van der Waals surface area contributed by atoms with Crippen LogP contribution in [-0.4, -0.2) is 48.8 Å². The van der Waals surface area contributed by atoms with Crippen LogP contribution in [-0.2, 0) is 14.3 Å². The summed E-state index contributed by atoms with van der Waals surface area (Å²) < 4.78 is 12.0. The second-order valence-electron chi connectivity index (χ2n) is 10.8. The number of fused-ring (bicyclic) bond motifs is 3. The summed E-state index contributed by atoms with van der Waals surface area (Å²) in [4.78, 5) is 15.3. The van der Waals surface area contributed by atoms with Crippen LogP contribution in [0.4, 0.5) is 0 Å². The summed E-state index contributed by atoms with van der Waals surface area (Å²) in [5.41, 5.74) is 3.02. The van der Waals surface area contributed by atoms with Crippen LogP contribution < -0.4 is 0 Å². The molecule has 0 aromatic heterocycles. The third kappa shape index (κ3) is 3.46. The molecule has 0 bridgehead atoms. The van der Waals surface area contributed by atoms with Crippen LogP contribution >= 0.6 is 11.6 Å². The highest BCUT2D eigenvalue weighted by molar-refractivity contribution is 6.30. The summed E-state index contributed by atoms with van der Waals surface area (Å²) in [5, 5.41) is 0.774. The Hall–Kier alpha value is -1.36. The SMILES string of the molecule is C[C@]12CCC[C@@]3(CO3)[C@H]1C[C@H]1[C@@H](C2)OC(=O)[C@@H]1CN1CC=C(c2ccc(Cl)cc2)CC1. The van der Waals surface area contributed by atoms with Crippen molar-refractivity contribution in [3.63, 3.8) is 0 Å². The first kappa shape index (κ1) is 20.3. The molecule has 31 heavy (non-hydrogen) atoms. The third-order valence-corrected chi connectivity index (χ3v) is 9.29. The zero-order valence-corrected chi connectivity index (χ0v) is 19.1. The molecular weight excluding hydrogens is 410 g/mol. The van der Waals surface area contributed by atoms with Gasteiger partial charge in [0, 0.05) is 30.6 Å². The van der Waals surface area contributed by atoms with Crippen molar-refractivity contribution >= 4 is 23.1 Å². The number of hydrogen-bond donors (Lipinski definition) is 0. The average Bonchev–Trinajstić information content (AvgIpc) is 3.46. The number of rotatable bonds is 3. The molecule has 5 heteroatoms. The smallest absolute Gasteiger partial charge is 0.310 e. The first-order valence-electron chi connectivity index (χ1n) is 12.0. The Kier molecular flexibility index (Phi) is 4.79. The first-order valence-corrected chi connectivity index (χ1v) is 12.4. The largest absolute Gasteiger partial charge is 0.462 e. The van der Waals surface area contributed by atoms with Gasteiger partial charge in [0.15, 0.2) is 0 Å². The van der Waals surface area contributed by atoms with E-state index < -0.39 is 0 Å². The lowest BCUT2D eigenvalue weighted by Crippen LogP contribution is -2.51. The summed E-state index contributed by atoms with van der Waals surface area (Å²) >= 11 is 6.03. The van der Waals surface area contributed by atoms with Gasteiger partial charge in [-0.2, -0.15) is 0 Å². The maximum Gasteiger partial charge on any atom is 0.310 e. The molecule has 3 heterocycles. The molecule has 2 saturated heterocycles. The Labute approximate surface area is 189 Å². The van der Waals surface area contributed by atoms with Crippen molar-refractivity contribution in [1.29, 1.82) is 0 Å². The van der Waals surface area contributed by atoms with Crippen LogP contribution in [0.15, 0.2) is 30.3 Å². The van der Waals surface area contributed by atoms with Crippen molar-refractivity contribution in [1.82, 2.24) is 4.90 Å². The van der Waals surface area contributed by atoms with Crippen LogP contribution in [0.25, 0.3) is 5.57 Å². The number of nitrogens with zero attached hydrogens (tertiary/aromatic N) is 1. The lowest BCUT2D eigenvalue weighted by atomic mass is 9.53. The van der Waals surface area contributed by atoms with E-state index in [9.17, 15) is 4.79 Å². The van der Waals surface area contributed by atoms with E-state index in [4.69, 9.17) is 21.1 Å². The zero-order valence-electron chi connectivity index (χ0n) is 18.3. The van der Waals surface area contributed by atoms with Gasteiger partial charge < -0.3 is 9.47 Å². The molecule has 0 radical (unpaired) electrons. The van der Waals surface area contributed by atoms with E-state index in [1.165, 1.54) is 30.4 Å². The molecule has 6 rings (SSSR count). The minimum Gasteiger partial charge on any atom is -0.462 e. The van der Waals surface area contributed by atoms with E-state index in [-0.39, 0.29) is 29.0 Å². The lowest BCUT2D eigenvalue weighted by Gasteiger charge is -2.51. The van der Waals surface area contributed by atoms with Gasteiger partial charge in [-0.15, -0.1) is 0 Å². The normalized spacial score (nSPS) is 42.0. The highest BCUT2D eigenvalue weighted by Gasteiger charge is 2.65. The van der Waals surface area contributed by atoms with Gasteiger partial charge in [0.25, 0.3) is 0 Å². The first-order chi connectivity index (χ1) is 15.0. The quantitative estimate of drug-likeness (QED) is 0.491. The number of carbonyl (C=O) groups excluding carboxylic acids is 1. The third-order valence-electron chi connectivity index (χ3n) is 9.04. The van der Waals surface area contributed by atoms with E-state index in [1.54, 1.807) is 0 Å². The molecule has 1 aromatic carbocycles. The Morgan fingerprint density at radius 1 is 1.23 bits per heavy atom. The standard InChI is InChI=1S/C26H32ClNO3/c1-25-9-2-10-26(16-30-26)23(25)13-20-21(24(29)31-22(20)14-25)15-28-11-7-18(8-12-28)17-3-5-19(27)6-4-17/h3-7,20-23H,2,8-16H2,1H3/t20-,21-,22-,23+,25-,26-/m1/s1. The summed E-state index contributed by atoms with van der Waals surface area (Å²) in [6.07, 6.45) is 9.25. The second kappa shape index (κ2) is 7.33. The van der Waals surface area contributed by atoms with E-state index in [2.05, 4.69) is 30.0 Å². The molecule has 5 aliphatic rings. The fourth-order valence-electron chi connectivity index (χ4n) is 7.25. The molecule has 166 valence electrons. The summed E-state index contributed by atoms with van der Waals surface area (Å²) in [6, 6.07) is 8.11. The van der Waals surface area contributed by atoms with Crippen molar-refractivity contribution in [2.75, 3.05) is 26.2 Å². The number of epoxide rings is 1. The highest BCUT2D eigenvalue weighted by atomic mass is 35.5. The van der Waals surface area contributed by atoms with Crippen LogP contribution in [0, 0.1) is 23.2 Å². The summed E-state index contributed by atoms with van der Waals surface area (Å²) in [7, 11) is 0. The van der Waals surface area contributed by atoms with E-state index in [0.29, 0.717) is 11.8 Å². The maximum atomic E-state index is 12.9. The van der Waals surface area contributed by atoms with Gasteiger partial charge in [-0.1, -0.05) is 36.7 Å². The average molecular weight is 442 g/mol. The number of halogens is 1. The van der Waals surface area contributed by atoms with Gasteiger partial charge in [0.2, 0.25) is 0 Å². The molecular formula is C26H32ClNO3. The van der Waals surface area contributed by atoms with E-state index in [0.717, 1.165) is 50.5 Å². The lowest BCUT2D eigenvalue weighted by molar-refractivity contribution is -0.147. The summed E-state index contributed by atoms with van der Waals surface area (Å²) in [6.45, 7) is 6.05. The highest BCUT2D eigenvalue weighted by Crippen LogP contribution is 2.62. The molecule has 3 aliphatic heterocycles. The van der Waals surface area contributed by atoms with Crippen molar-refractivity contribution in [2.24, 2.45) is 23.2 Å². The van der Waals surface area contributed by atoms with Crippen LogP contribution in [0.2, 0.25) is 5.02 Å². The van der Waals surface area contributed by atoms with E-state index >= 15 is 0 Å². The molecule has 1 spiro atoms. The van der Waals surface area contributed by atoms with Gasteiger partial charge in [-0.25, -0.2) is 0 Å².